The van der Waals surface area contributed by atoms with Crippen LogP contribution in [0.4, 0.5) is 0 Å². The molecule has 0 aromatic rings. The molecule has 0 atom stereocenters. The van der Waals surface area contributed by atoms with Crippen LogP contribution in [0.1, 0.15) is 369 Å². The van der Waals surface area contributed by atoms with Crippen molar-refractivity contribution in [3.8, 4) is 0 Å². The minimum absolute atomic E-state index is 0.510. The normalized spacial score (nSPS) is 12.3. The highest BCUT2D eigenvalue weighted by molar-refractivity contribution is 4.84. The molecule has 1 heteroatoms. The molecule has 0 fully saturated rings. The van der Waals surface area contributed by atoms with Gasteiger partial charge in [-0.3, -0.25) is 0 Å². The topological polar surface area (TPSA) is 0 Å². The summed E-state index contributed by atoms with van der Waals surface area (Å²) in [4.78, 5) is 0. The second kappa shape index (κ2) is 50.4. The van der Waals surface area contributed by atoms with Crippen molar-refractivity contribution in [3.05, 3.63) is 0 Å². The van der Waals surface area contributed by atoms with E-state index in [0.717, 1.165) is 0 Å². The minimum atomic E-state index is 0.510. The van der Waals surface area contributed by atoms with E-state index in [9.17, 15) is 0 Å². The molecule has 0 aliphatic rings. The molecule has 0 saturated heterocycles. The largest absolute Gasteiger partial charge is 0.319 e. The lowest BCUT2D eigenvalue weighted by Gasteiger charge is -2.55. The van der Waals surface area contributed by atoms with Crippen molar-refractivity contribution >= 4 is 0 Å². The van der Waals surface area contributed by atoms with E-state index < -0.39 is 0 Å². The molecule has 0 heterocycles. The fraction of sp³-hybridized carbons (Fsp3) is 1.00. The fourth-order valence-corrected chi connectivity index (χ4v) is 11.5. The first-order valence-corrected chi connectivity index (χ1v) is 30.5. The van der Waals surface area contributed by atoms with Crippen LogP contribution in [-0.4, -0.2) is 29.7 Å². The first-order valence-electron chi connectivity index (χ1n) is 30.5. The molecule has 374 valence electrons. The van der Waals surface area contributed by atoms with Gasteiger partial charge in [0, 0.05) is 19.3 Å². The van der Waals surface area contributed by atoms with Crippen molar-refractivity contribution in [2.24, 2.45) is 0 Å². The van der Waals surface area contributed by atoms with Crippen LogP contribution < -0.4 is 0 Å². The van der Waals surface area contributed by atoms with Gasteiger partial charge in [0.1, 0.15) is 0 Å². The fourth-order valence-electron chi connectivity index (χ4n) is 11.5. The van der Waals surface area contributed by atoms with Gasteiger partial charge in [0.2, 0.25) is 0 Å². The highest BCUT2D eigenvalue weighted by Gasteiger charge is 2.48. The number of rotatable bonds is 55. The zero-order valence-corrected chi connectivity index (χ0v) is 45.1. The highest BCUT2D eigenvalue weighted by atomic mass is 15.4. The average molecular weight is 874 g/mol. The Labute approximate surface area is 397 Å². The molecule has 1 nitrogen and oxygen atoms in total. The lowest BCUT2D eigenvalue weighted by atomic mass is 9.76. The Hall–Kier alpha value is -0.0400. The Balaban J connectivity index is 6.68. The van der Waals surface area contributed by atoms with Crippen molar-refractivity contribution in [3.63, 3.8) is 0 Å². The van der Waals surface area contributed by atoms with Gasteiger partial charge in [-0.2, -0.15) is 0 Å². The third-order valence-electron chi connectivity index (χ3n) is 15.8. The SMILES string of the molecule is CCCCCCCCCCC(CCCCCCCCCC)(CCCCCCCCCC)[N+](CCCCCCCCCC)(CCCCCCCCCC)CCCCCCCCCC. The van der Waals surface area contributed by atoms with Gasteiger partial charge in [0.15, 0.2) is 0 Å². The first kappa shape index (κ1) is 62.0. The van der Waals surface area contributed by atoms with Crippen LogP contribution in [0.5, 0.6) is 0 Å². The van der Waals surface area contributed by atoms with Crippen LogP contribution in [0.25, 0.3) is 0 Å². The summed E-state index contributed by atoms with van der Waals surface area (Å²) in [6.07, 6.45) is 74.9. The molecule has 0 radical (unpaired) electrons. The van der Waals surface area contributed by atoms with Gasteiger partial charge in [-0.05, 0) is 57.8 Å². The molecule has 62 heavy (non-hydrogen) atoms. The van der Waals surface area contributed by atoms with E-state index in [1.165, 1.54) is 332 Å². The van der Waals surface area contributed by atoms with Crippen LogP contribution in [0.2, 0.25) is 0 Å². The molecule has 0 aliphatic heterocycles. The summed E-state index contributed by atoms with van der Waals surface area (Å²) in [7, 11) is 0. The molecule has 0 aromatic heterocycles. The molecule has 0 aromatic carbocycles. The molecule has 0 bridgehead atoms. The summed E-state index contributed by atoms with van der Waals surface area (Å²) in [5, 5.41) is 0. The third-order valence-corrected chi connectivity index (χ3v) is 15.8. The van der Waals surface area contributed by atoms with Crippen LogP contribution in [-0.2, 0) is 0 Å². The van der Waals surface area contributed by atoms with Gasteiger partial charge in [0.25, 0.3) is 0 Å². The maximum absolute atomic E-state index is 2.37. The summed E-state index contributed by atoms with van der Waals surface area (Å²) >= 11 is 0. The minimum Gasteiger partial charge on any atom is -0.319 e. The number of hydrogen-bond acceptors (Lipinski definition) is 0. The van der Waals surface area contributed by atoms with Crippen molar-refractivity contribution in [1.82, 2.24) is 0 Å². The lowest BCUT2D eigenvalue weighted by molar-refractivity contribution is -0.978. The Morgan fingerprint density at radius 1 is 0.177 bits per heavy atom. The summed E-state index contributed by atoms with van der Waals surface area (Å²) in [5.74, 6) is 0. The first-order chi connectivity index (χ1) is 30.6. The number of hydrogen-bond donors (Lipinski definition) is 0. The van der Waals surface area contributed by atoms with Crippen molar-refractivity contribution in [1.29, 1.82) is 0 Å². The monoisotopic (exact) mass is 873 g/mol. The molecule has 0 rings (SSSR count). The van der Waals surface area contributed by atoms with Gasteiger partial charge in [-0.1, -0.05) is 292 Å². The summed E-state index contributed by atoms with van der Waals surface area (Å²) in [6.45, 7) is 18.8. The van der Waals surface area contributed by atoms with Gasteiger partial charge >= 0.3 is 0 Å². The van der Waals surface area contributed by atoms with Gasteiger partial charge in [0.05, 0.1) is 25.2 Å². The van der Waals surface area contributed by atoms with Crippen LogP contribution >= 0.6 is 0 Å². The Morgan fingerprint density at radius 2 is 0.323 bits per heavy atom. The highest BCUT2D eigenvalue weighted by Crippen LogP contribution is 2.42. The second-order valence-corrected chi connectivity index (χ2v) is 21.6. The van der Waals surface area contributed by atoms with E-state index >= 15 is 0 Å². The molecule has 0 aliphatic carbocycles. The van der Waals surface area contributed by atoms with E-state index in [1.807, 2.05) is 0 Å². The lowest BCUT2D eigenvalue weighted by Crippen LogP contribution is -2.65. The predicted octanol–water partition coefficient (Wildman–Crippen LogP) is 22.6. The van der Waals surface area contributed by atoms with Gasteiger partial charge in [-0.25, -0.2) is 0 Å². The average Bonchev–Trinajstić information content (AvgIpc) is 3.28. The standard InChI is InChI=1S/C61H126N/c1-7-13-19-25-31-37-43-49-55-61(56-50-44-38-32-26-20-14-8-2,57-51-45-39-33-27-21-15-9-3)62(58-52-46-40-34-28-22-16-10-4,59-53-47-41-35-29-23-17-11-5)60-54-48-42-36-30-24-18-12-6/h7-60H2,1-6H3/q+1. The zero-order chi connectivity index (χ0) is 45.2. The molecular formula is C61H126N+. The van der Waals surface area contributed by atoms with Gasteiger partial charge < -0.3 is 4.48 Å². The van der Waals surface area contributed by atoms with E-state index in [1.54, 1.807) is 19.3 Å². The molecule has 0 N–H and O–H groups in total. The number of nitrogens with zero attached hydrogens (tertiary/aromatic N) is 1. The van der Waals surface area contributed by atoms with Crippen molar-refractivity contribution in [2.75, 3.05) is 19.6 Å². The summed E-state index contributed by atoms with van der Waals surface area (Å²) in [6, 6.07) is 0. The third kappa shape index (κ3) is 37.1. The van der Waals surface area contributed by atoms with Crippen molar-refractivity contribution < 1.29 is 4.48 Å². The van der Waals surface area contributed by atoms with Gasteiger partial charge in [-0.15, -0.1) is 0 Å². The quantitative estimate of drug-likeness (QED) is 0.0422. The molecule has 0 unspecified atom stereocenters. The molecule has 0 saturated carbocycles. The molecular weight excluding hydrogens is 747 g/mol. The Kier molecular flexibility index (Phi) is 50.3. The smallest absolute Gasteiger partial charge is 0.0992 e. The molecule has 0 amide bonds. The van der Waals surface area contributed by atoms with E-state index in [2.05, 4.69) is 41.5 Å². The van der Waals surface area contributed by atoms with E-state index in [4.69, 9.17) is 0 Å². The maximum atomic E-state index is 2.37. The Morgan fingerprint density at radius 3 is 0.500 bits per heavy atom. The Bertz CT molecular complexity index is 635. The van der Waals surface area contributed by atoms with Crippen LogP contribution in [0, 0.1) is 0 Å². The maximum Gasteiger partial charge on any atom is 0.0992 e. The number of unbranched alkanes of at least 4 members (excludes halogenated alkanes) is 42. The second-order valence-electron chi connectivity index (χ2n) is 21.6. The summed E-state index contributed by atoms with van der Waals surface area (Å²) < 4.78 is 1.54. The summed E-state index contributed by atoms with van der Waals surface area (Å²) in [5.41, 5.74) is 0.510. The van der Waals surface area contributed by atoms with E-state index in [-0.39, 0.29) is 0 Å². The number of quaternary nitrogens is 1. The van der Waals surface area contributed by atoms with Crippen molar-refractivity contribution in [2.45, 2.75) is 375 Å². The zero-order valence-electron chi connectivity index (χ0n) is 45.1. The molecule has 0 spiro atoms. The predicted molar refractivity (Wildman–Crippen MR) is 287 cm³/mol. The van der Waals surface area contributed by atoms with Crippen LogP contribution in [0.3, 0.4) is 0 Å². The van der Waals surface area contributed by atoms with Crippen LogP contribution in [0.15, 0.2) is 0 Å². The van der Waals surface area contributed by atoms with E-state index in [0.29, 0.717) is 5.54 Å².